The molecule has 0 spiro atoms. The molecule has 4 rings (SSSR count). The third kappa shape index (κ3) is 4.63. The van der Waals surface area contributed by atoms with E-state index in [4.69, 9.17) is 9.32 Å². The van der Waals surface area contributed by atoms with E-state index in [1.807, 2.05) is 23.8 Å². The summed E-state index contributed by atoms with van der Waals surface area (Å²) in [5, 5.41) is 20.3. The molecule has 1 aliphatic rings. The number of nitrogens with two attached hydrogens (primary N) is 1. The van der Waals surface area contributed by atoms with Crippen molar-refractivity contribution in [2.24, 2.45) is 10.6 Å². The first-order valence-electron chi connectivity index (χ1n) is 10.7. The largest absolute Gasteiger partial charge is 0.391 e. The second kappa shape index (κ2) is 8.78. The molecule has 3 aromatic rings. The molecular weight excluding hydrogens is 430 g/mol. The lowest BCUT2D eigenvalue weighted by Crippen LogP contribution is -2.40. The topological polar surface area (TPSA) is 132 Å². The predicted molar refractivity (Wildman–Crippen MR) is 122 cm³/mol. The van der Waals surface area contributed by atoms with Gasteiger partial charge in [-0.3, -0.25) is 4.18 Å². The summed E-state index contributed by atoms with van der Waals surface area (Å²) in [7, 11) is -4.08. The molecule has 0 saturated carbocycles. The second-order valence-corrected chi connectivity index (χ2v) is 9.86. The molecule has 2 heterocycles. The maximum Gasteiger partial charge on any atom is 0.333 e. The van der Waals surface area contributed by atoms with E-state index < -0.39 is 21.8 Å². The van der Waals surface area contributed by atoms with E-state index in [9.17, 15) is 13.5 Å². The van der Waals surface area contributed by atoms with E-state index in [-0.39, 0.29) is 19.2 Å². The monoisotopic (exact) mass is 459 g/mol. The molecule has 32 heavy (non-hydrogen) atoms. The van der Waals surface area contributed by atoms with E-state index in [0.29, 0.717) is 12.1 Å². The Labute approximate surface area is 187 Å². The summed E-state index contributed by atoms with van der Waals surface area (Å²) in [6.45, 7) is 3.66. The van der Waals surface area contributed by atoms with Crippen LogP contribution in [0.25, 0.3) is 11.0 Å². The van der Waals surface area contributed by atoms with Gasteiger partial charge in [0.25, 0.3) is 0 Å². The summed E-state index contributed by atoms with van der Waals surface area (Å²) >= 11 is 0. The maximum absolute atomic E-state index is 11.2. The summed E-state index contributed by atoms with van der Waals surface area (Å²) in [5.41, 5.74) is 2.54. The van der Waals surface area contributed by atoms with Crippen LogP contribution >= 0.6 is 0 Å². The summed E-state index contributed by atoms with van der Waals surface area (Å²) < 4.78 is 29.0. The summed E-state index contributed by atoms with van der Waals surface area (Å²) in [6.07, 6.45) is 5.03. The zero-order valence-electron chi connectivity index (χ0n) is 18.2. The number of anilines is 1. The number of rotatable bonds is 9. The van der Waals surface area contributed by atoms with Gasteiger partial charge in [-0.15, -0.1) is 0 Å². The van der Waals surface area contributed by atoms with Crippen LogP contribution < -0.4 is 10.5 Å². The van der Waals surface area contributed by atoms with Gasteiger partial charge in [0.15, 0.2) is 0 Å². The summed E-state index contributed by atoms with van der Waals surface area (Å²) in [6, 6.07) is 10.5. The highest BCUT2D eigenvalue weighted by Gasteiger charge is 2.34. The number of aromatic nitrogens is 3. The smallest absolute Gasteiger partial charge is 0.333 e. The van der Waals surface area contributed by atoms with Crippen molar-refractivity contribution in [3.8, 4) is 0 Å². The Balaban J connectivity index is 1.54. The van der Waals surface area contributed by atoms with Gasteiger partial charge in [0, 0.05) is 11.6 Å². The van der Waals surface area contributed by atoms with E-state index >= 15 is 0 Å². The lowest BCUT2D eigenvalue weighted by atomic mass is 9.82. The molecule has 0 radical (unpaired) electrons. The van der Waals surface area contributed by atoms with Gasteiger partial charge >= 0.3 is 10.3 Å². The third-order valence-electron chi connectivity index (χ3n) is 6.53. The van der Waals surface area contributed by atoms with E-state index in [1.165, 1.54) is 17.5 Å². The molecule has 1 aliphatic carbocycles. The van der Waals surface area contributed by atoms with Crippen molar-refractivity contribution >= 4 is 27.2 Å². The number of aryl methyl sites for hydroxylation is 1. The highest BCUT2D eigenvalue weighted by molar-refractivity contribution is 7.84. The SMILES string of the molecule is CC[C@@](C)(COS(N)(=O)=O)[C@@H](O)Cn1ccc2c(N[C@H]3CCc4ccccc43)ncnc21. The van der Waals surface area contributed by atoms with Gasteiger partial charge in [0.2, 0.25) is 0 Å². The predicted octanol–water partition coefficient (Wildman–Crippen LogP) is 2.53. The van der Waals surface area contributed by atoms with Gasteiger partial charge in [-0.2, -0.15) is 8.42 Å². The minimum absolute atomic E-state index is 0.192. The Morgan fingerprint density at radius 3 is 2.88 bits per heavy atom. The van der Waals surface area contributed by atoms with Crippen LogP contribution in [0.2, 0.25) is 0 Å². The molecule has 0 amide bonds. The fraction of sp³-hybridized carbons (Fsp3) is 0.455. The zero-order valence-corrected chi connectivity index (χ0v) is 19.0. The Morgan fingerprint density at radius 2 is 2.12 bits per heavy atom. The summed E-state index contributed by atoms with van der Waals surface area (Å²) in [4.78, 5) is 8.88. The van der Waals surface area contributed by atoms with Gasteiger partial charge in [0.05, 0.1) is 30.7 Å². The third-order valence-corrected chi connectivity index (χ3v) is 6.98. The number of hydrogen-bond acceptors (Lipinski definition) is 7. The van der Waals surface area contributed by atoms with Crippen LogP contribution in [0.5, 0.6) is 0 Å². The van der Waals surface area contributed by atoms with Crippen molar-refractivity contribution in [3.63, 3.8) is 0 Å². The quantitative estimate of drug-likeness (QED) is 0.448. The molecule has 172 valence electrons. The molecule has 3 atom stereocenters. The first-order valence-corrected chi connectivity index (χ1v) is 12.2. The van der Waals surface area contributed by atoms with Gasteiger partial charge < -0.3 is 15.0 Å². The van der Waals surface area contributed by atoms with Crippen molar-refractivity contribution in [1.82, 2.24) is 14.5 Å². The van der Waals surface area contributed by atoms with Crippen molar-refractivity contribution in [1.29, 1.82) is 0 Å². The van der Waals surface area contributed by atoms with Crippen molar-refractivity contribution < 1.29 is 17.7 Å². The molecule has 9 nitrogen and oxygen atoms in total. The Kier molecular flexibility index (Phi) is 6.22. The Morgan fingerprint density at radius 1 is 1.34 bits per heavy atom. The number of aliphatic hydroxyl groups is 1. The number of aliphatic hydroxyl groups excluding tert-OH is 1. The zero-order chi connectivity index (χ0) is 22.9. The standard InChI is InChI=1S/C22H29N5O4S/c1-3-22(2,13-31-32(23,29)30)19(28)12-27-11-10-17-20(24-14-25-21(17)27)26-18-9-8-15-6-4-5-7-16(15)18/h4-7,10-11,14,18-19,28H,3,8-9,12-13H2,1-2H3,(H2,23,29,30)(H,24,25,26)/t18-,19-,22-/m0/s1. The number of fused-ring (bicyclic) bond motifs is 2. The van der Waals surface area contributed by atoms with Crippen LogP contribution in [0.15, 0.2) is 42.9 Å². The highest BCUT2D eigenvalue weighted by atomic mass is 32.2. The molecule has 4 N–H and O–H groups in total. The van der Waals surface area contributed by atoms with Crippen LogP contribution in [-0.2, 0) is 27.5 Å². The van der Waals surface area contributed by atoms with Gasteiger partial charge in [0.1, 0.15) is 17.8 Å². The van der Waals surface area contributed by atoms with E-state index in [1.54, 1.807) is 6.92 Å². The van der Waals surface area contributed by atoms with Crippen LogP contribution in [0.4, 0.5) is 5.82 Å². The first kappa shape index (κ1) is 22.7. The van der Waals surface area contributed by atoms with Crippen molar-refractivity contribution in [3.05, 3.63) is 54.0 Å². The minimum Gasteiger partial charge on any atom is -0.391 e. The second-order valence-electron chi connectivity index (χ2n) is 8.64. The normalized spacial score (nSPS) is 18.9. The first-order chi connectivity index (χ1) is 15.2. The van der Waals surface area contributed by atoms with Crippen LogP contribution in [-0.4, -0.2) is 40.8 Å². The molecule has 0 aliphatic heterocycles. The van der Waals surface area contributed by atoms with E-state index in [2.05, 4.69) is 39.6 Å². The molecular formula is C22H29N5O4S. The van der Waals surface area contributed by atoms with Gasteiger partial charge in [-0.1, -0.05) is 38.1 Å². The minimum atomic E-state index is -4.08. The highest BCUT2D eigenvalue weighted by Crippen LogP contribution is 2.35. The summed E-state index contributed by atoms with van der Waals surface area (Å²) in [5.74, 6) is 0.751. The lowest BCUT2D eigenvalue weighted by Gasteiger charge is -2.33. The van der Waals surface area contributed by atoms with Crippen molar-refractivity contribution in [2.45, 2.75) is 51.8 Å². The number of benzene rings is 1. The lowest BCUT2D eigenvalue weighted by molar-refractivity contribution is -0.00809. The molecule has 0 saturated heterocycles. The molecule has 0 unspecified atom stereocenters. The maximum atomic E-state index is 11.2. The number of nitrogens with one attached hydrogen (secondary N) is 1. The van der Waals surface area contributed by atoms with Crippen LogP contribution in [0.1, 0.15) is 43.9 Å². The van der Waals surface area contributed by atoms with E-state index in [0.717, 1.165) is 24.0 Å². The Hall–Kier alpha value is -2.53. The average Bonchev–Trinajstić information content (AvgIpc) is 3.37. The fourth-order valence-electron chi connectivity index (χ4n) is 4.20. The molecule has 2 aromatic heterocycles. The van der Waals surface area contributed by atoms with Gasteiger partial charge in [-0.05, 0) is 36.5 Å². The number of hydrogen-bond donors (Lipinski definition) is 3. The van der Waals surface area contributed by atoms with Crippen LogP contribution in [0, 0.1) is 5.41 Å². The van der Waals surface area contributed by atoms with Crippen molar-refractivity contribution in [2.75, 3.05) is 11.9 Å². The molecule has 0 bridgehead atoms. The average molecular weight is 460 g/mol. The molecule has 10 heteroatoms. The number of nitrogens with zero attached hydrogens (tertiary/aromatic N) is 3. The molecule has 0 fully saturated rings. The Bertz CT molecular complexity index is 1210. The van der Waals surface area contributed by atoms with Gasteiger partial charge in [-0.25, -0.2) is 15.1 Å². The fourth-order valence-corrected chi connectivity index (χ4v) is 4.63. The van der Waals surface area contributed by atoms with Crippen LogP contribution in [0.3, 0.4) is 0 Å². The molecule has 1 aromatic carbocycles.